The van der Waals surface area contributed by atoms with Crippen molar-refractivity contribution in [1.29, 1.82) is 0 Å². The second kappa shape index (κ2) is 6.62. The highest BCUT2D eigenvalue weighted by atomic mass is 32.2. The number of carbonyl (C=O) groups excluding carboxylic acids is 3. The number of hydrogen-bond donors (Lipinski definition) is 2. The van der Waals surface area contributed by atoms with E-state index in [0.717, 1.165) is 9.78 Å². The molecular weight excluding hydrogens is 368 g/mol. The number of nitrogens with zero attached hydrogens (tertiary/aromatic N) is 1. The van der Waals surface area contributed by atoms with Gasteiger partial charge in [-0.05, 0) is 11.4 Å². The van der Waals surface area contributed by atoms with E-state index in [1.807, 2.05) is 11.4 Å². The van der Waals surface area contributed by atoms with Crippen LogP contribution in [0, 0.1) is 0 Å². The molecule has 0 bridgehead atoms. The van der Waals surface area contributed by atoms with Crippen molar-refractivity contribution < 1.29 is 29.0 Å². The summed E-state index contributed by atoms with van der Waals surface area (Å²) in [5.74, 6) is -2.36. The lowest BCUT2D eigenvalue weighted by atomic mass is 9.98. The highest BCUT2D eigenvalue weighted by Crippen LogP contribution is 2.46. The molecule has 8 nitrogen and oxygen atoms in total. The van der Waals surface area contributed by atoms with Gasteiger partial charge in [0.2, 0.25) is 5.91 Å². The number of hydrogen-bond acceptors (Lipinski definition) is 7. The van der Waals surface area contributed by atoms with Gasteiger partial charge in [0.15, 0.2) is 0 Å². The number of carboxylic acid groups (broad SMARTS) is 1. The van der Waals surface area contributed by atoms with Crippen LogP contribution in [-0.4, -0.2) is 58.0 Å². The molecule has 2 atom stereocenters. The third-order valence-electron chi connectivity index (χ3n) is 3.97. The number of carbonyl (C=O) groups is 4. The highest BCUT2D eigenvalue weighted by molar-refractivity contribution is 8.00. The van der Waals surface area contributed by atoms with Gasteiger partial charge in [0.1, 0.15) is 17.4 Å². The lowest BCUT2D eigenvalue weighted by Crippen LogP contribution is -2.80. The number of aliphatic carboxylic acids is 1. The van der Waals surface area contributed by atoms with Crippen molar-refractivity contribution in [3.05, 3.63) is 33.7 Å². The Morgan fingerprint density at radius 2 is 2.32 bits per heavy atom. The van der Waals surface area contributed by atoms with Crippen LogP contribution in [0.25, 0.3) is 0 Å². The van der Waals surface area contributed by atoms with Crippen molar-refractivity contribution in [3.63, 3.8) is 0 Å². The van der Waals surface area contributed by atoms with Crippen LogP contribution in [0.2, 0.25) is 0 Å². The molecule has 0 saturated carbocycles. The molecular formula is C15H14N2O6S2. The van der Waals surface area contributed by atoms with Gasteiger partial charge in [-0.2, -0.15) is 0 Å². The fraction of sp³-hybridized carbons (Fsp3) is 0.333. The molecule has 1 aromatic heterocycles. The molecule has 25 heavy (non-hydrogen) atoms. The lowest BCUT2D eigenvalue weighted by molar-refractivity contribution is -0.192. The molecule has 1 saturated heterocycles. The Labute approximate surface area is 150 Å². The van der Waals surface area contributed by atoms with Crippen LogP contribution in [0.15, 0.2) is 28.8 Å². The number of methoxy groups -OCH3 is 1. The Balaban J connectivity index is 1.84. The van der Waals surface area contributed by atoms with Gasteiger partial charge >= 0.3 is 5.97 Å². The topological polar surface area (TPSA) is 113 Å². The Morgan fingerprint density at radius 3 is 2.88 bits per heavy atom. The van der Waals surface area contributed by atoms with Gasteiger partial charge in [-0.25, -0.2) is 4.79 Å². The number of ether oxygens (including phenoxy) is 1. The molecule has 0 aliphatic carbocycles. The van der Waals surface area contributed by atoms with Crippen LogP contribution in [-0.2, 0) is 30.3 Å². The first-order valence-electron chi connectivity index (χ1n) is 7.20. The van der Waals surface area contributed by atoms with E-state index < -0.39 is 28.9 Å². The molecule has 1 unspecified atom stereocenters. The molecule has 1 fully saturated rings. The van der Waals surface area contributed by atoms with Gasteiger partial charge in [0.05, 0.1) is 6.42 Å². The van der Waals surface area contributed by atoms with Crippen LogP contribution in [0.3, 0.4) is 0 Å². The van der Waals surface area contributed by atoms with E-state index in [1.165, 1.54) is 30.2 Å². The van der Waals surface area contributed by atoms with Crippen LogP contribution in [0.1, 0.15) is 4.88 Å². The molecule has 2 aliphatic heterocycles. The number of thioether (sulfide) groups is 1. The smallest absolute Gasteiger partial charge is 0.353 e. The quantitative estimate of drug-likeness (QED) is 0.411. The maximum absolute atomic E-state index is 12.6. The summed E-state index contributed by atoms with van der Waals surface area (Å²) in [5.41, 5.74) is -1.96. The van der Waals surface area contributed by atoms with Gasteiger partial charge in [-0.15, -0.1) is 23.1 Å². The molecule has 132 valence electrons. The molecule has 0 aromatic carbocycles. The van der Waals surface area contributed by atoms with E-state index in [0.29, 0.717) is 6.29 Å². The van der Waals surface area contributed by atoms with Gasteiger partial charge in [-0.1, -0.05) is 6.07 Å². The molecule has 0 spiro atoms. The van der Waals surface area contributed by atoms with E-state index in [4.69, 9.17) is 4.74 Å². The maximum atomic E-state index is 12.6. The van der Waals surface area contributed by atoms with Crippen molar-refractivity contribution in [2.24, 2.45) is 0 Å². The third kappa shape index (κ3) is 2.75. The average molecular weight is 382 g/mol. The molecule has 1 aromatic rings. The Kier molecular flexibility index (Phi) is 4.67. The van der Waals surface area contributed by atoms with Crippen molar-refractivity contribution in [1.82, 2.24) is 10.2 Å². The number of nitrogens with one attached hydrogen (secondary N) is 1. The summed E-state index contributed by atoms with van der Waals surface area (Å²) in [6.07, 6.45) is 0.525. The van der Waals surface area contributed by atoms with Crippen molar-refractivity contribution in [2.45, 2.75) is 17.5 Å². The zero-order chi connectivity index (χ0) is 18.2. The summed E-state index contributed by atoms with van der Waals surface area (Å²) in [6, 6.07) is 3.62. The number of rotatable bonds is 6. The summed E-state index contributed by atoms with van der Waals surface area (Å²) in [5, 5.41) is 13.0. The van der Waals surface area contributed by atoms with E-state index in [9.17, 15) is 24.3 Å². The largest absolute Gasteiger partial charge is 0.477 e. The first-order chi connectivity index (χ1) is 11.9. The molecule has 2 N–H and O–H groups in total. The standard InChI is InChI=1S/C15H14N2O6S2/c1-23-15(16-10(19)5-9-3-2-4-24-9)13(22)17-11(12(20)21)8(6-18)7-25-14(15)17/h2-4,6,14H,5,7H2,1H3,(H,16,19)(H,20,21)/t14-,15?/m1/s1. The fourth-order valence-electron chi connectivity index (χ4n) is 2.82. The van der Waals surface area contributed by atoms with Gasteiger partial charge < -0.3 is 15.2 Å². The number of aldehydes is 1. The lowest BCUT2D eigenvalue weighted by Gasteiger charge is -2.55. The monoisotopic (exact) mass is 382 g/mol. The number of carboxylic acids is 1. The second-order valence-electron chi connectivity index (χ2n) is 5.38. The summed E-state index contributed by atoms with van der Waals surface area (Å²) in [6.45, 7) is 0. The molecule has 2 aliphatic rings. The highest BCUT2D eigenvalue weighted by Gasteiger charge is 2.66. The third-order valence-corrected chi connectivity index (χ3v) is 6.18. The molecule has 2 amide bonds. The van der Waals surface area contributed by atoms with Crippen molar-refractivity contribution >= 4 is 47.2 Å². The number of β-lactam (4-membered cyclic amide) rings is 1. The first-order valence-corrected chi connectivity index (χ1v) is 9.13. The Hall–Kier alpha value is -2.17. The summed E-state index contributed by atoms with van der Waals surface area (Å²) < 4.78 is 5.30. The molecule has 0 radical (unpaired) electrons. The molecule has 3 rings (SSSR count). The minimum absolute atomic E-state index is 0.0247. The Morgan fingerprint density at radius 1 is 1.56 bits per heavy atom. The van der Waals surface area contributed by atoms with Gasteiger partial charge in [0, 0.05) is 23.3 Å². The minimum Gasteiger partial charge on any atom is -0.477 e. The number of fused-ring (bicyclic) bond motifs is 1. The summed E-state index contributed by atoms with van der Waals surface area (Å²) in [4.78, 5) is 49.3. The van der Waals surface area contributed by atoms with Crippen LogP contribution >= 0.6 is 23.1 Å². The Bertz CT molecular complexity index is 775. The maximum Gasteiger partial charge on any atom is 0.353 e. The first kappa shape index (κ1) is 17.6. The number of amides is 2. The van der Waals surface area contributed by atoms with E-state index in [1.54, 1.807) is 6.07 Å². The normalized spacial score (nSPS) is 25.2. The van der Waals surface area contributed by atoms with Crippen LogP contribution in [0.4, 0.5) is 0 Å². The fourth-order valence-corrected chi connectivity index (χ4v) is 4.90. The predicted octanol–water partition coefficient (Wildman–Crippen LogP) is 0.202. The molecule has 3 heterocycles. The van der Waals surface area contributed by atoms with Crippen LogP contribution < -0.4 is 5.32 Å². The predicted molar refractivity (Wildman–Crippen MR) is 89.7 cm³/mol. The van der Waals surface area contributed by atoms with E-state index >= 15 is 0 Å². The van der Waals surface area contributed by atoms with E-state index in [2.05, 4.69) is 5.32 Å². The second-order valence-corrected chi connectivity index (χ2v) is 7.48. The van der Waals surface area contributed by atoms with Crippen molar-refractivity contribution in [2.75, 3.05) is 12.9 Å². The summed E-state index contributed by atoms with van der Waals surface area (Å²) in [7, 11) is 1.28. The molecule has 10 heteroatoms. The van der Waals surface area contributed by atoms with E-state index in [-0.39, 0.29) is 23.4 Å². The zero-order valence-corrected chi connectivity index (χ0v) is 14.7. The van der Waals surface area contributed by atoms with Gasteiger partial charge in [0.25, 0.3) is 11.6 Å². The van der Waals surface area contributed by atoms with Gasteiger partial charge in [-0.3, -0.25) is 19.3 Å². The average Bonchev–Trinajstić information content (AvgIpc) is 3.10. The minimum atomic E-state index is -1.63. The zero-order valence-electron chi connectivity index (χ0n) is 13.1. The number of thiophene rings is 1. The summed E-state index contributed by atoms with van der Waals surface area (Å²) >= 11 is 2.58. The SMILES string of the molecule is COC1(NC(=O)Cc2cccs2)C(=O)N2C(C(=O)O)=C(C=O)CS[C@@H]21. The van der Waals surface area contributed by atoms with Crippen LogP contribution in [0.5, 0.6) is 0 Å². The van der Waals surface area contributed by atoms with Crippen molar-refractivity contribution in [3.8, 4) is 0 Å².